The number of rotatable bonds is 4. The van der Waals surface area contributed by atoms with Crippen LogP contribution in [0.25, 0.3) is 6.08 Å². The van der Waals surface area contributed by atoms with E-state index in [0.717, 1.165) is 24.1 Å². The molecule has 32 heavy (non-hydrogen) atoms. The molecule has 0 radical (unpaired) electrons. The second-order valence-electron chi connectivity index (χ2n) is 8.98. The number of hydrogen-bond donors (Lipinski definition) is 1. The van der Waals surface area contributed by atoms with Crippen LogP contribution in [0.1, 0.15) is 44.7 Å². The third-order valence-corrected chi connectivity index (χ3v) is 5.44. The quantitative estimate of drug-likeness (QED) is 0.683. The lowest BCUT2D eigenvalue weighted by atomic mass is 9.77. The summed E-state index contributed by atoms with van der Waals surface area (Å²) in [5.41, 5.74) is 3.99. The zero-order valence-electron chi connectivity index (χ0n) is 18.8. The van der Waals surface area contributed by atoms with E-state index in [1.807, 2.05) is 30.3 Å². The van der Waals surface area contributed by atoms with Gasteiger partial charge in [0.2, 0.25) is 0 Å². The maximum Gasteiger partial charge on any atom is 0.298 e. The Morgan fingerprint density at radius 1 is 1.16 bits per heavy atom. The number of aromatic hydroxyl groups is 1. The summed E-state index contributed by atoms with van der Waals surface area (Å²) < 4.78 is 5.18. The summed E-state index contributed by atoms with van der Waals surface area (Å²) in [7, 11) is 1.48. The van der Waals surface area contributed by atoms with Crippen LogP contribution in [0.15, 0.2) is 76.0 Å². The highest BCUT2D eigenvalue weighted by Crippen LogP contribution is 2.35. The molecular weight excluding hydrogens is 402 g/mol. The van der Waals surface area contributed by atoms with Crippen molar-refractivity contribution in [3.8, 4) is 11.5 Å². The van der Waals surface area contributed by atoms with Gasteiger partial charge in [-0.2, -0.15) is 10.1 Å². The Hall–Kier alpha value is -3.67. The van der Waals surface area contributed by atoms with Gasteiger partial charge in [0.25, 0.3) is 5.91 Å². The van der Waals surface area contributed by atoms with Gasteiger partial charge in [-0.3, -0.25) is 4.79 Å². The van der Waals surface area contributed by atoms with E-state index in [9.17, 15) is 9.90 Å². The predicted molar refractivity (Wildman–Crippen MR) is 127 cm³/mol. The number of benzene rings is 2. The summed E-state index contributed by atoms with van der Waals surface area (Å²) in [6.45, 7) is 6.51. The van der Waals surface area contributed by atoms with Crippen LogP contribution in [0.3, 0.4) is 0 Å². The van der Waals surface area contributed by atoms with Crippen molar-refractivity contribution in [3.05, 3.63) is 77.0 Å². The van der Waals surface area contributed by atoms with E-state index in [1.165, 1.54) is 23.8 Å². The fraction of sp³-hybridized carbons (Fsp3) is 0.269. The van der Waals surface area contributed by atoms with Crippen LogP contribution < -0.4 is 4.74 Å². The number of hydrogen-bond acceptors (Lipinski definition) is 5. The number of carbonyl (C=O) groups is 1. The van der Waals surface area contributed by atoms with Crippen molar-refractivity contribution >= 4 is 23.5 Å². The number of methoxy groups -OCH3 is 1. The third kappa shape index (κ3) is 4.49. The van der Waals surface area contributed by atoms with Gasteiger partial charge in [-0.15, -0.1) is 0 Å². The van der Waals surface area contributed by atoms with E-state index >= 15 is 0 Å². The van der Waals surface area contributed by atoms with Crippen LogP contribution in [0.5, 0.6) is 11.5 Å². The van der Waals surface area contributed by atoms with Crippen molar-refractivity contribution < 1.29 is 14.6 Å². The maximum atomic E-state index is 13.4. The molecule has 6 heteroatoms. The molecule has 4 rings (SSSR count). The van der Waals surface area contributed by atoms with Gasteiger partial charge in [0.05, 0.1) is 12.8 Å². The Morgan fingerprint density at radius 3 is 2.59 bits per heavy atom. The zero-order valence-corrected chi connectivity index (χ0v) is 18.8. The van der Waals surface area contributed by atoms with Crippen LogP contribution in [0.2, 0.25) is 0 Å². The molecule has 0 saturated carbocycles. The lowest BCUT2D eigenvalue weighted by Gasteiger charge is -2.29. The third-order valence-electron chi connectivity index (χ3n) is 5.44. The number of carbonyl (C=O) groups excluding carboxylic acids is 1. The number of phenolic OH excluding ortho intramolecular Hbond substituents is 1. The van der Waals surface area contributed by atoms with Gasteiger partial charge in [-0.25, -0.2) is 4.99 Å². The van der Waals surface area contributed by atoms with Crippen molar-refractivity contribution in [1.29, 1.82) is 0 Å². The summed E-state index contributed by atoms with van der Waals surface area (Å²) in [5, 5.41) is 16.0. The fourth-order valence-corrected chi connectivity index (χ4v) is 4.20. The number of amidine groups is 1. The number of ether oxygens (including phenoxy) is 1. The minimum Gasteiger partial charge on any atom is -0.504 e. The Kier molecular flexibility index (Phi) is 5.70. The lowest BCUT2D eigenvalue weighted by Crippen LogP contribution is -2.31. The first kappa shape index (κ1) is 21.6. The SMILES string of the molecule is COc1cc(/C=C2\N=C(c3ccccc3)N(/N=C3/C=C(C)CC(C)(C)C3)C2=O)ccc1O. The van der Waals surface area contributed by atoms with Crippen molar-refractivity contribution in [2.45, 2.75) is 33.6 Å². The lowest BCUT2D eigenvalue weighted by molar-refractivity contribution is -0.122. The molecule has 0 saturated heterocycles. The topological polar surface area (TPSA) is 74.5 Å². The first-order chi connectivity index (χ1) is 15.3. The van der Waals surface area contributed by atoms with E-state index in [0.29, 0.717) is 17.1 Å². The Bertz CT molecular complexity index is 1170. The number of hydrazone groups is 1. The van der Waals surface area contributed by atoms with Gasteiger partial charge in [-0.05, 0) is 55.0 Å². The second kappa shape index (κ2) is 8.46. The summed E-state index contributed by atoms with van der Waals surface area (Å²) in [4.78, 5) is 18.0. The second-order valence-corrected chi connectivity index (χ2v) is 8.98. The van der Waals surface area contributed by atoms with Crippen LogP contribution >= 0.6 is 0 Å². The molecule has 1 aliphatic heterocycles. The molecule has 0 spiro atoms. The van der Waals surface area contributed by atoms with Crippen molar-refractivity contribution in [2.24, 2.45) is 15.5 Å². The Balaban J connectivity index is 1.77. The highest BCUT2D eigenvalue weighted by molar-refractivity contribution is 6.20. The molecule has 2 aliphatic rings. The normalized spacial score (nSPS) is 20.5. The monoisotopic (exact) mass is 429 g/mol. The molecular formula is C26H27N3O3. The standard InChI is InChI=1S/C26H27N3O3/c1-17-12-20(16-26(2,3)15-17)28-29-24(19-8-6-5-7-9-19)27-21(25(29)31)13-18-10-11-22(30)23(14-18)32-4/h5-14,30H,15-16H2,1-4H3/b21-13-,28-20-. The molecule has 0 unspecified atom stereocenters. The highest BCUT2D eigenvalue weighted by atomic mass is 16.5. The zero-order chi connectivity index (χ0) is 22.9. The summed E-state index contributed by atoms with van der Waals surface area (Å²) >= 11 is 0. The van der Waals surface area contributed by atoms with Crippen molar-refractivity contribution in [1.82, 2.24) is 5.01 Å². The average molecular weight is 430 g/mol. The average Bonchev–Trinajstić information content (AvgIpc) is 3.04. The molecule has 6 nitrogen and oxygen atoms in total. The van der Waals surface area contributed by atoms with Crippen molar-refractivity contribution in [2.75, 3.05) is 7.11 Å². The van der Waals surface area contributed by atoms with Crippen LogP contribution in [-0.4, -0.2) is 34.7 Å². The summed E-state index contributed by atoms with van der Waals surface area (Å²) in [6, 6.07) is 14.5. The summed E-state index contributed by atoms with van der Waals surface area (Å²) in [5.74, 6) is 0.572. The first-order valence-electron chi connectivity index (χ1n) is 10.6. The Morgan fingerprint density at radius 2 is 1.91 bits per heavy atom. The van der Waals surface area contributed by atoms with E-state index in [-0.39, 0.29) is 22.8 Å². The molecule has 0 atom stereocenters. The van der Waals surface area contributed by atoms with Crippen LogP contribution in [0.4, 0.5) is 0 Å². The first-order valence-corrected chi connectivity index (χ1v) is 10.6. The smallest absolute Gasteiger partial charge is 0.298 e. The van der Waals surface area contributed by atoms with Crippen LogP contribution in [-0.2, 0) is 4.79 Å². The highest BCUT2D eigenvalue weighted by Gasteiger charge is 2.33. The minimum atomic E-state index is -0.294. The number of aliphatic imine (C=N–C) groups is 1. The molecule has 0 bridgehead atoms. The minimum absolute atomic E-state index is 0.0379. The number of nitrogens with zero attached hydrogens (tertiary/aromatic N) is 3. The predicted octanol–water partition coefficient (Wildman–Crippen LogP) is 5.15. The van der Waals surface area contributed by atoms with E-state index in [4.69, 9.17) is 9.84 Å². The van der Waals surface area contributed by atoms with Gasteiger partial charge in [0, 0.05) is 5.56 Å². The van der Waals surface area contributed by atoms with E-state index in [2.05, 4.69) is 31.8 Å². The maximum absolute atomic E-state index is 13.4. The largest absolute Gasteiger partial charge is 0.504 e. The Labute approximate surface area is 188 Å². The molecule has 164 valence electrons. The van der Waals surface area contributed by atoms with Gasteiger partial charge >= 0.3 is 0 Å². The summed E-state index contributed by atoms with van der Waals surface area (Å²) in [6.07, 6.45) is 5.53. The van der Waals surface area contributed by atoms with Gasteiger partial charge in [-0.1, -0.05) is 55.8 Å². The number of amides is 1. The molecule has 1 aliphatic carbocycles. The van der Waals surface area contributed by atoms with Gasteiger partial charge in [0.1, 0.15) is 5.70 Å². The van der Waals surface area contributed by atoms with Crippen molar-refractivity contribution in [3.63, 3.8) is 0 Å². The molecule has 2 aromatic rings. The molecule has 0 fully saturated rings. The number of phenols is 1. The number of allylic oxidation sites excluding steroid dienone is 2. The van der Waals surface area contributed by atoms with Gasteiger partial charge < -0.3 is 9.84 Å². The van der Waals surface area contributed by atoms with Crippen LogP contribution in [0, 0.1) is 5.41 Å². The van der Waals surface area contributed by atoms with Gasteiger partial charge in [0.15, 0.2) is 17.3 Å². The molecule has 1 N–H and O–H groups in total. The van der Waals surface area contributed by atoms with E-state index < -0.39 is 0 Å². The molecule has 1 amide bonds. The van der Waals surface area contributed by atoms with E-state index in [1.54, 1.807) is 18.2 Å². The molecule has 1 heterocycles. The fourth-order valence-electron chi connectivity index (χ4n) is 4.20. The molecule has 2 aromatic carbocycles. The molecule has 0 aromatic heterocycles.